The average Bonchev–Trinajstić information content (AvgIpc) is 2.46. The Balaban J connectivity index is 2.09. The highest BCUT2D eigenvalue weighted by Gasteiger charge is 2.12. The third-order valence-corrected chi connectivity index (χ3v) is 3.12. The van der Waals surface area contributed by atoms with Crippen molar-refractivity contribution >= 4 is 16.7 Å². The molecule has 3 nitrogen and oxygen atoms in total. The number of fused-ring (bicyclic) bond motifs is 1. The Morgan fingerprint density at radius 1 is 1.00 bits per heavy atom. The third kappa shape index (κ3) is 2.10. The molecule has 0 bridgehead atoms. The van der Waals surface area contributed by atoms with Crippen molar-refractivity contribution in [2.75, 3.05) is 0 Å². The molecule has 92 valence electrons. The molecule has 0 saturated carbocycles. The largest absolute Gasteiger partial charge is 0.289 e. The zero-order valence-electron chi connectivity index (χ0n) is 10.5. The first-order chi connectivity index (χ1) is 9.25. The molecule has 0 aliphatic rings. The van der Waals surface area contributed by atoms with Gasteiger partial charge < -0.3 is 0 Å². The van der Waals surface area contributed by atoms with E-state index in [0.29, 0.717) is 11.1 Å². The van der Waals surface area contributed by atoms with E-state index in [1.54, 1.807) is 24.5 Å². The third-order valence-electron chi connectivity index (χ3n) is 3.12. The number of nitrogens with zero attached hydrogens (tertiary/aromatic N) is 2. The summed E-state index contributed by atoms with van der Waals surface area (Å²) in [5.41, 5.74) is 2.95. The molecule has 0 saturated heterocycles. The van der Waals surface area contributed by atoms with Crippen molar-refractivity contribution in [3.8, 4) is 0 Å². The number of hydrogen-bond donors (Lipinski definition) is 0. The SMILES string of the molecule is Cc1ncccc1C(=O)c1ccc2ncccc2c1. The molecule has 0 atom stereocenters. The van der Waals surface area contributed by atoms with Crippen LogP contribution in [0, 0.1) is 6.92 Å². The lowest BCUT2D eigenvalue weighted by Crippen LogP contribution is -2.04. The summed E-state index contributed by atoms with van der Waals surface area (Å²) in [5, 5.41) is 0.967. The Labute approximate surface area is 111 Å². The standard InChI is InChI=1S/C16H12N2O/c1-11-14(5-3-8-17-11)16(19)13-6-7-15-12(10-13)4-2-9-18-15/h2-10H,1H3. The van der Waals surface area contributed by atoms with Crippen LogP contribution in [0.3, 0.4) is 0 Å². The minimum Gasteiger partial charge on any atom is -0.289 e. The lowest BCUT2D eigenvalue weighted by Gasteiger charge is -2.05. The maximum absolute atomic E-state index is 12.5. The lowest BCUT2D eigenvalue weighted by molar-refractivity contribution is 0.103. The Kier molecular flexibility index (Phi) is 2.80. The fourth-order valence-corrected chi connectivity index (χ4v) is 2.10. The molecule has 2 heterocycles. The predicted molar refractivity (Wildman–Crippen MR) is 74.1 cm³/mol. The van der Waals surface area contributed by atoms with E-state index in [9.17, 15) is 4.79 Å². The van der Waals surface area contributed by atoms with E-state index in [1.165, 1.54) is 0 Å². The van der Waals surface area contributed by atoms with E-state index in [2.05, 4.69) is 9.97 Å². The molecule has 1 aromatic carbocycles. The Morgan fingerprint density at radius 3 is 2.63 bits per heavy atom. The van der Waals surface area contributed by atoms with Gasteiger partial charge in [-0.15, -0.1) is 0 Å². The molecule has 3 heteroatoms. The molecule has 0 amide bonds. The molecule has 0 radical (unpaired) electrons. The Hall–Kier alpha value is -2.55. The first kappa shape index (κ1) is 11.5. The summed E-state index contributed by atoms with van der Waals surface area (Å²) in [6.07, 6.45) is 3.44. The van der Waals surface area contributed by atoms with Crippen molar-refractivity contribution in [1.29, 1.82) is 0 Å². The van der Waals surface area contributed by atoms with Gasteiger partial charge >= 0.3 is 0 Å². The van der Waals surface area contributed by atoms with Crippen LogP contribution < -0.4 is 0 Å². The summed E-state index contributed by atoms with van der Waals surface area (Å²) in [7, 11) is 0. The van der Waals surface area contributed by atoms with Gasteiger partial charge in [0.25, 0.3) is 0 Å². The van der Waals surface area contributed by atoms with Crippen LogP contribution in [0.4, 0.5) is 0 Å². The van der Waals surface area contributed by atoms with Gasteiger partial charge in [0.2, 0.25) is 0 Å². The van der Waals surface area contributed by atoms with Crippen LogP contribution in [-0.4, -0.2) is 15.8 Å². The molecule has 3 aromatic rings. The van der Waals surface area contributed by atoms with E-state index in [4.69, 9.17) is 0 Å². The van der Waals surface area contributed by atoms with Gasteiger partial charge in [0.15, 0.2) is 5.78 Å². The maximum Gasteiger partial charge on any atom is 0.194 e. The molecule has 0 spiro atoms. The quantitative estimate of drug-likeness (QED) is 0.654. The number of benzene rings is 1. The zero-order valence-corrected chi connectivity index (χ0v) is 10.5. The van der Waals surface area contributed by atoms with E-state index >= 15 is 0 Å². The Bertz CT molecular complexity index is 765. The smallest absolute Gasteiger partial charge is 0.194 e. The summed E-state index contributed by atoms with van der Waals surface area (Å²) in [6.45, 7) is 1.84. The predicted octanol–water partition coefficient (Wildman–Crippen LogP) is 3.17. The molecular weight excluding hydrogens is 236 g/mol. The first-order valence-corrected chi connectivity index (χ1v) is 6.07. The van der Waals surface area contributed by atoms with Gasteiger partial charge in [0.05, 0.1) is 5.52 Å². The minimum absolute atomic E-state index is 0.00338. The number of rotatable bonds is 2. The van der Waals surface area contributed by atoms with Gasteiger partial charge in [0.1, 0.15) is 0 Å². The van der Waals surface area contributed by atoms with Gasteiger partial charge in [-0.25, -0.2) is 0 Å². The number of hydrogen-bond acceptors (Lipinski definition) is 3. The van der Waals surface area contributed by atoms with Crippen LogP contribution >= 0.6 is 0 Å². The van der Waals surface area contributed by atoms with E-state index in [0.717, 1.165) is 16.6 Å². The van der Waals surface area contributed by atoms with Crippen molar-refractivity contribution < 1.29 is 4.79 Å². The topological polar surface area (TPSA) is 42.9 Å². The normalized spacial score (nSPS) is 10.6. The highest BCUT2D eigenvalue weighted by atomic mass is 16.1. The molecule has 0 aliphatic carbocycles. The molecule has 0 aliphatic heterocycles. The van der Waals surface area contributed by atoms with Crippen molar-refractivity contribution in [2.45, 2.75) is 6.92 Å². The number of aryl methyl sites for hydroxylation is 1. The van der Waals surface area contributed by atoms with Crippen LogP contribution in [0.5, 0.6) is 0 Å². The summed E-state index contributed by atoms with van der Waals surface area (Å²) in [4.78, 5) is 20.9. The molecule has 2 aromatic heterocycles. The molecule has 0 fully saturated rings. The maximum atomic E-state index is 12.5. The average molecular weight is 248 g/mol. The lowest BCUT2D eigenvalue weighted by atomic mass is 10.0. The molecular formula is C16H12N2O. The van der Waals surface area contributed by atoms with Crippen LogP contribution in [0.25, 0.3) is 10.9 Å². The fourth-order valence-electron chi connectivity index (χ4n) is 2.10. The molecule has 0 N–H and O–H groups in total. The molecule has 3 rings (SSSR count). The van der Waals surface area contributed by atoms with E-state index < -0.39 is 0 Å². The van der Waals surface area contributed by atoms with Gasteiger partial charge in [-0.1, -0.05) is 6.07 Å². The van der Waals surface area contributed by atoms with Crippen molar-refractivity contribution in [1.82, 2.24) is 9.97 Å². The fraction of sp³-hybridized carbons (Fsp3) is 0.0625. The number of carbonyl (C=O) groups excluding carboxylic acids is 1. The second-order valence-electron chi connectivity index (χ2n) is 4.38. The summed E-state index contributed by atoms with van der Waals surface area (Å²) in [5.74, 6) is -0.00338. The highest BCUT2D eigenvalue weighted by Crippen LogP contribution is 2.17. The van der Waals surface area contributed by atoms with Crippen LogP contribution in [0.1, 0.15) is 21.6 Å². The van der Waals surface area contributed by atoms with E-state index in [-0.39, 0.29) is 5.78 Å². The van der Waals surface area contributed by atoms with Crippen molar-refractivity contribution in [3.63, 3.8) is 0 Å². The monoisotopic (exact) mass is 248 g/mol. The highest BCUT2D eigenvalue weighted by molar-refractivity contribution is 6.11. The van der Waals surface area contributed by atoms with Crippen LogP contribution in [0.2, 0.25) is 0 Å². The Morgan fingerprint density at radius 2 is 1.79 bits per heavy atom. The molecule has 0 unspecified atom stereocenters. The van der Waals surface area contributed by atoms with Crippen molar-refractivity contribution in [2.24, 2.45) is 0 Å². The van der Waals surface area contributed by atoms with Gasteiger partial charge in [0, 0.05) is 34.6 Å². The number of carbonyl (C=O) groups is 1. The van der Waals surface area contributed by atoms with Crippen molar-refractivity contribution in [3.05, 3.63) is 71.7 Å². The minimum atomic E-state index is -0.00338. The van der Waals surface area contributed by atoms with Crippen LogP contribution in [-0.2, 0) is 0 Å². The zero-order chi connectivity index (χ0) is 13.2. The first-order valence-electron chi connectivity index (χ1n) is 6.07. The van der Waals surface area contributed by atoms with Gasteiger partial charge in [-0.2, -0.15) is 0 Å². The van der Waals surface area contributed by atoms with E-state index in [1.807, 2.05) is 37.3 Å². The number of ketones is 1. The van der Waals surface area contributed by atoms with Gasteiger partial charge in [-0.05, 0) is 43.3 Å². The number of aromatic nitrogens is 2. The summed E-state index contributed by atoms with van der Waals surface area (Å²) >= 11 is 0. The second kappa shape index (κ2) is 4.61. The summed E-state index contributed by atoms with van der Waals surface area (Å²) < 4.78 is 0. The van der Waals surface area contributed by atoms with Gasteiger partial charge in [-0.3, -0.25) is 14.8 Å². The second-order valence-corrected chi connectivity index (χ2v) is 4.38. The summed E-state index contributed by atoms with van der Waals surface area (Å²) in [6, 6.07) is 13.0. The number of pyridine rings is 2. The molecule has 19 heavy (non-hydrogen) atoms. The van der Waals surface area contributed by atoms with Crippen LogP contribution in [0.15, 0.2) is 54.9 Å².